The van der Waals surface area contributed by atoms with Crippen LogP contribution in [0, 0.1) is 11.1 Å². The molecule has 0 amide bonds. The van der Waals surface area contributed by atoms with Crippen molar-refractivity contribution < 1.29 is 0 Å². The molecule has 12 heavy (non-hydrogen) atoms. The van der Waals surface area contributed by atoms with Gasteiger partial charge in [-0.1, -0.05) is 47.0 Å². The summed E-state index contributed by atoms with van der Waals surface area (Å²) in [6.07, 6.45) is 5.16. The first-order valence-electron chi connectivity index (χ1n) is 4.86. The Hall–Kier alpha value is 0.100. The molecular formula is C10H22NP. The Bertz CT molecular complexity index is 130. The zero-order valence-electron chi connectivity index (χ0n) is 8.85. The average molecular weight is 187 g/mol. The van der Waals surface area contributed by atoms with Crippen LogP contribution in [0.3, 0.4) is 0 Å². The molecule has 0 saturated heterocycles. The summed E-state index contributed by atoms with van der Waals surface area (Å²) in [5.41, 5.74) is 0. The minimum atomic E-state index is 0.219. The molecule has 0 aromatic heterocycles. The Kier molecular flexibility index (Phi) is 5.74. The van der Waals surface area contributed by atoms with Crippen molar-refractivity contribution in [3.63, 3.8) is 0 Å². The van der Waals surface area contributed by atoms with Gasteiger partial charge in [-0.15, -0.1) is 0 Å². The monoisotopic (exact) mass is 187 g/mol. The van der Waals surface area contributed by atoms with Crippen LogP contribution in [-0.2, 0) is 0 Å². The Labute approximate surface area is 78.6 Å². The minimum Gasteiger partial charge on any atom is -0.283 e. The summed E-state index contributed by atoms with van der Waals surface area (Å²) >= 11 is 0. The van der Waals surface area contributed by atoms with Crippen molar-refractivity contribution in [3.8, 4) is 0 Å². The highest BCUT2D eigenvalue weighted by Gasteiger charge is 2.13. The van der Waals surface area contributed by atoms with Gasteiger partial charge in [0.05, 0.1) is 0 Å². The highest BCUT2D eigenvalue weighted by atomic mass is 31.1. The predicted molar refractivity (Wildman–Crippen MR) is 57.0 cm³/mol. The van der Waals surface area contributed by atoms with Crippen LogP contribution in [0.25, 0.3) is 0 Å². The van der Waals surface area contributed by atoms with Crippen LogP contribution >= 0.6 is 8.37 Å². The molecule has 0 aromatic rings. The van der Waals surface area contributed by atoms with E-state index in [1.807, 2.05) is 0 Å². The fraction of sp³-hybridized carbons (Fsp3) is 1.00. The summed E-state index contributed by atoms with van der Waals surface area (Å²) in [6, 6.07) is 0. The molecule has 0 heterocycles. The average Bonchev–Trinajstić information content (AvgIpc) is 1.98. The third-order valence-electron chi connectivity index (χ3n) is 2.12. The lowest BCUT2D eigenvalue weighted by Crippen LogP contribution is -2.09. The van der Waals surface area contributed by atoms with Gasteiger partial charge in [0.2, 0.25) is 0 Å². The molecule has 0 aliphatic carbocycles. The SMILES string of the molecule is CC(C)CCCCC(C)(C)P=N. The molecule has 0 aliphatic rings. The second-order valence-corrected chi connectivity index (χ2v) is 6.00. The third kappa shape index (κ3) is 6.79. The maximum Gasteiger partial charge on any atom is 0.0237 e. The Morgan fingerprint density at radius 2 is 1.83 bits per heavy atom. The summed E-state index contributed by atoms with van der Waals surface area (Å²) in [4.78, 5) is 0. The topological polar surface area (TPSA) is 23.9 Å². The molecule has 0 unspecified atom stereocenters. The summed E-state index contributed by atoms with van der Waals surface area (Å²) in [7, 11) is 0.788. The first-order valence-corrected chi connectivity index (χ1v) is 5.76. The van der Waals surface area contributed by atoms with E-state index in [1.165, 1.54) is 25.7 Å². The molecule has 0 aliphatic heterocycles. The Morgan fingerprint density at radius 1 is 1.25 bits per heavy atom. The van der Waals surface area contributed by atoms with Crippen LogP contribution in [0.5, 0.6) is 0 Å². The van der Waals surface area contributed by atoms with Crippen molar-refractivity contribution in [1.82, 2.24) is 0 Å². The standard InChI is InChI=1S/C10H22NP/c1-9(2)7-5-6-8-10(3,4)12-11/h9,11H,5-8H2,1-4H3. The molecule has 72 valence electrons. The van der Waals surface area contributed by atoms with E-state index in [1.54, 1.807) is 0 Å². The van der Waals surface area contributed by atoms with Gasteiger partial charge in [0.25, 0.3) is 0 Å². The predicted octanol–water partition coefficient (Wildman–Crippen LogP) is 4.69. The molecule has 0 aromatic carbocycles. The smallest absolute Gasteiger partial charge is 0.0237 e. The number of hydrogen-bond donors (Lipinski definition) is 1. The van der Waals surface area contributed by atoms with E-state index in [0.29, 0.717) is 0 Å². The molecule has 0 spiro atoms. The Morgan fingerprint density at radius 3 is 2.25 bits per heavy atom. The molecule has 0 radical (unpaired) electrons. The van der Waals surface area contributed by atoms with Gasteiger partial charge in [0, 0.05) is 13.5 Å². The first-order chi connectivity index (χ1) is 5.48. The first kappa shape index (κ1) is 12.1. The highest BCUT2D eigenvalue weighted by Crippen LogP contribution is 2.28. The maximum absolute atomic E-state index is 7.30. The third-order valence-corrected chi connectivity index (χ3v) is 2.95. The van der Waals surface area contributed by atoms with Gasteiger partial charge >= 0.3 is 0 Å². The van der Waals surface area contributed by atoms with E-state index in [9.17, 15) is 0 Å². The minimum absolute atomic E-state index is 0.219. The van der Waals surface area contributed by atoms with Crippen molar-refractivity contribution in [2.24, 2.45) is 5.92 Å². The van der Waals surface area contributed by atoms with Crippen molar-refractivity contribution in [3.05, 3.63) is 0 Å². The summed E-state index contributed by atoms with van der Waals surface area (Å²) in [5.74, 6) is 0.835. The van der Waals surface area contributed by atoms with Gasteiger partial charge in [0.1, 0.15) is 0 Å². The van der Waals surface area contributed by atoms with Crippen molar-refractivity contribution in [2.75, 3.05) is 0 Å². The van der Waals surface area contributed by atoms with Crippen LogP contribution in [0.4, 0.5) is 0 Å². The van der Waals surface area contributed by atoms with Crippen molar-refractivity contribution in [1.29, 1.82) is 5.16 Å². The zero-order chi connectivity index (χ0) is 9.61. The van der Waals surface area contributed by atoms with E-state index < -0.39 is 0 Å². The largest absolute Gasteiger partial charge is 0.283 e. The second kappa shape index (κ2) is 5.70. The molecule has 1 nitrogen and oxygen atoms in total. The zero-order valence-corrected chi connectivity index (χ0v) is 9.75. The van der Waals surface area contributed by atoms with Crippen LogP contribution in [-0.4, -0.2) is 5.16 Å². The van der Waals surface area contributed by atoms with E-state index in [4.69, 9.17) is 5.16 Å². The van der Waals surface area contributed by atoms with E-state index in [-0.39, 0.29) is 5.16 Å². The number of hydrogen-bond acceptors (Lipinski definition) is 1. The van der Waals surface area contributed by atoms with Crippen molar-refractivity contribution in [2.45, 2.75) is 58.5 Å². The molecule has 0 bridgehead atoms. The molecule has 0 saturated carbocycles. The van der Waals surface area contributed by atoms with E-state index in [0.717, 1.165) is 14.3 Å². The second-order valence-electron chi connectivity index (χ2n) is 4.56. The quantitative estimate of drug-likeness (QED) is 0.460. The molecule has 2 heteroatoms. The number of rotatable bonds is 6. The van der Waals surface area contributed by atoms with Crippen LogP contribution in [0.2, 0.25) is 0 Å². The van der Waals surface area contributed by atoms with Gasteiger partial charge in [-0.05, 0) is 12.3 Å². The summed E-state index contributed by atoms with van der Waals surface area (Å²) in [6.45, 7) is 8.90. The molecular weight excluding hydrogens is 165 g/mol. The highest BCUT2D eigenvalue weighted by molar-refractivity contribution is 7.27. The summed E-state index contributed by atoms with van der Waals surface area (Å²) < 4.78 is 0. The van der Waals surface area contributed by atoms with Crippen LogP contribution in [0.1, 0.15) is 53.4 Å². The van der Waals surface area contributed by atoms with E-state index in [2.05, 4.69) is 27.7 Å². The molecule has 0 atom stereocenters. The number of nitrogens with one attached hydrogen (secondary N) is 1. The lowest BCUT2D eigenvalue weighted by molar-refractivity contribution is 0.500. The molecule has 1 N–H and O–H groups in total. The molecule has 0 fully saturated rings. The van der Waals surface area contributed by atoms with E-state index >= 15 is 0 Å². The normalized spacial score (nSPS) is 12.8. The fourth-order valence-corrected chi connectivity index (χ4v) is 1.44. The van der Waals surface area contributed by atoms with Gasteiger partial charge in [0.15, 0.2) is 0 Å². The van der Waals surface area contributed by atoms with Gasteiger partial charge in [-0.25, -0.2) is 0 Å². The lowest BCUT2D eigenvalue weighted by atomic mass is 10.0. The van der Waals surface area contributed by atoms with Gasteiger partial charge in [-0.3, -0.25) is 5.16 Å². The van der Waals surface area contributed by atoms with Crippen molar-refractivity contribution >= 4 is 8.37 Å². The van der Waals surface area contributed by atoms with Crippen LogP contribution < -0.4 is 0 Å². The number of unbranched alkanes of at least 4 members (excludes halogenated alkanes) is 1. The fourth-order valence-electron chi connectivity index (χ4n) is 1.17. The molecule has 0 rings (SSSR count). The van der Waals surface area contributed by atoms with Gasteiger partial charge < -0.3 is 0 Å². The lowest BCUT2D eigenvalue weighted by Gasteiger charge is -2.16. The van der Waals surface area contributed by atoms with Gasteiger partial charge in [-0.2, -0.15) is 0 Å². The summed E-state index contributed by atoms with van der Waals surface area (Å²) in [5, 5.41) is 7.52. The Balaban J connectivity index is 3.37. The maximum atomic E-state index is 7.30. The van der Waals surface area contributed by atoms with Crippen LogP contribution in [0.15, 0.2) is 0 Å².